The lowest BCUT2D eigenvalue weighted by molar-refractivity contribution is 0.243. The topological polar surface area (TPSA) is 15.3 Å². The Bertz CT molecular complexity index is 345. The predicted octanol–water partition coefficient (Wildman–Crippen LogP) is 2.26. The highest BCUT2D eigenvalue weighted by atomic mass is 15.2. The smallest absolute Gasteiger partial charge is 0.0108 e. The number of nitrogens with zero attached hydrogens (tertiary/aromatic N) is 1. The SMILES string of the molecule is CCc1cccc(CC)c1CCN1CCNCC1. The van der Waals surface area contributed by atoms with Gasteiger partial charge in [-0.15, -0.1) is 0 Å². The molecule has 0 atom stereocenters. The Balaban J connectivity index is 2.02. The van der Waals surface area contributed by atoms with Crippen molar-refractivity contribution in [3.05, 3.63) is 34.9 Å². The molecular formula is C16H26N2. The minimum Gasteiger partial charge on any atom is -0.314 e. The standard InChI is InChI=1S/C16H26N2/c1-3-14-6-5-7-15(4-2)16(14)8-11-18-12-9-17-10-13-18/h5-7,17H,3-4,8-13H2,1-2H3. The van der Waals surface area contributed by atoms with E-state index in [1.807, 2.05) is 0 Å². The fraction of sp³-hybridized carbons (Fsp3) is 0.625. The predicted molar refractivity (Wildman–Crippen MR) is 78.2 cm³/mol. The van der Waals surface area contributed by atoms with E-state index in [-0.39, 0.29) is 0 Å². The molecule has 1 aromatic carbocycles. The summed E-state index contributed by atoms with van der Waals surface area (Å²) in [5.41, 5.74) is 4.70. The van der Waals surface area contributed by atoms with Crippen molar-refractivity contribution in [1.82, 2.24) is 10.2 Å². The first-order valence-corrected chi connectivity index (χ1v) is 7.37. The molecule has 1 heterocycles. The van der Waals surface area contributed by atoms with Crippen LogP contribution in [0.5, 0.6) is 0 Å². The van der Waals surface area contributed by atoms with Crippen molar-refractivity contribution in [2.45, 2.75) is 33.1 Å². The molecule has 0 aromatic heterocycles. The molecule has 1 fully saturated rings. The molecule has 18 heavy (non-hydrogen) atoms. The summed E-state index contributed by atoms with van der Waals surface area (Å²) in [5.74, 6) is 0. The first-order valence-electron chi connectivity index (χ1n) is 7.37. The number of rotatable bonds is 5. The van der Waals surface area contributed by atoms with E-state index in [1.54, 1.807) is 16.7 Å². The lowest BCUT2D eigenvalue weighted by atomic mass is 9.95. The van der Waals surface area contributed by atoms with Crippen LogP contribution in [-0.2, 0) is 19.3 Å². The summed E-state index contributed by atoms with van der Waals surface area (Å²) in [5, 5.41) is 3.42. The van der Waals surface area contributed by atoms with Crippen LogP contribution in [0.3, 0.4) is 0 Å². The highest BCUT2D eigenvalue weighted by molar-refractivity contribution is 5.35. The maximum Gasteiger partial charge on any atom is 0.0108 e. The number of benzene rings is 1. The van der Waals surface area contributed by atoms with E-state index in [1.165, 1.54) is 26.1 Å². The number of aryl methyl sites for hydroxylation is 2. The molecule has 2 rings (SSSR count). The third-order valence-electron chi connectivity index (χ3n) is 4.02. The minimum atomic E-state index is 1.15. The van der Waals surface area contributed by atoms with E-state index in [4.69, 9.17) is 0 Å². The average molecular weight is 246 g/mol. The fourth-order valence-corrected chi connectivity index (χ4v) is 2.88. The summed E-state index contributed by atoms with van der Waals surface area (Å²) in [6, 6.07) is 6.81. The highest BCUT2D eigenvalue weighted by Gasteiger charge is 2.11. The van der Waals surface area contributed by atoms with Gasteiger partial charge in [0.1, 0.15) is 0 Å². The summed E-state index contributed by atoms with van der Waals surface area (Å²) in [7, 11) is 0. The van der Waals surface area contributed by atoms with Crippen LogP contribution in [0, 0.1) is 0 Å². The van der Waals surface area contributed by atoms with Crippen molar-refractivity contribution in [3.63, 3.8) is 0 Å². The van der Waals surface area contributed by atoms with Crippen LogP contribution in [0.25, 0.3) is 0 Å². The van der Waals surface area contributed by atoms with Crippen LogP contribution >= 0.6 is 0 Å². The van der Waals surface area contributed by atoms with Gasteiger partial charge in [0.15, 0.2) is 0 Å². The van der Waals surface area contributed by atoms with Gasteiger partial charge >= 0.3 is 0 Å². The molecule has 0 radical (unpaired) electrons. The molecule has 1 N–H and O–H groups in total. The van der Waals surface area contributed by atoms with Gasteiger partial charge in [0.2, 0.25) is 0 Å². The van der Waals surface area contributed by atoms with Crippen molar-refractivity contribution < 1.29 is 0 Å². The zero-order chi connectivity index (χ0) is 12.8. The van der Waals surface area contributed by atoms with Crippen molar-refractivity contribution >= 4 is 0 Å². The van der Waals surface area contributed by atoms with Gasteiger partial charge in [0.05, 0.1) is 0 Å². The van der Waals surface area contributed by atoms with Crippen LogP contribution < -0.4 is 5.32 Å². The largest absolute Gasteiger partial charge is 0.314 e. The van der Waals surface area contributed by atoms with E-state index in [2.05, 4.69) is 42.3 Å². The molecule has 0 spiro atoms. The second kappa shape index (κ2) is 6.91. The van der Waals surface area contributed by atoms with Crippen LogP contribution in [0.15, 0.2) is 18.2 Å². The summed E-state index contributed by atoms with van der Waals surface area (Å²) in [6.07, 6.45) is 3.53. The lowest BCUT2D eigenvalue weighted by Gasteiger charge is -2.27. The van der Waals surface area contributed by atoms with Gasteiger partial charge in [-0.2, -0.15) is 0 Å². The van der Waals surface area contributed by atoms with Gasteiger partial charge in [-0.3, -0.25) is 0 Å². The van der Waals surface area contributed by atoms with E-state index >= 15 is 0 Å². The summed E-state index contributed by atoms with van der Waals surface area (Å²) >= 11 is 0. The second-order valence-corrected chi connectivity index (χ2v) is 5.10. The van der Waals surface area contributed by atoms with Crippen LogP contribution in [-0.4, -0.2) is 37.6 Å². The van der Waals surface area contributed by atoms with E-state index in [0.29, 0.717) is 0 Å². The van der Waals surface area contributed by atoms with E-state index in [0.717, 1.165) is 25.9 Å². The third-order valence-corrected chi connectivity index (χ3v) is 4.02. The molecule has 0 saturated carbocycles. The first kappa shape index (κ1) is 13.6. The molecule has 1 aliphatic heterocycles. The Kier molecular flexibility index (Phi) is 5.21. The Morgan fingerprint density at radius 3 is 2.22 bits per heavy atom. The highest BCUT2D eigenvalue weighted by Crippen LogP contribution is 2.17. The molecule has 1 aliphatic rings. The lowest BCUT2D eigenvalue weighted by Crippen LogP contribution is -2.44. The zero-order valence-corrected chi connectivity index (χ0v) is 11.8. The molecule has 2 heteroatoms. The van der Waals surface area contributed by atoms with Crippen molar-refractivity contribution in [2.75, 3.05) is 32.7 Å². The monoisotopic (exact) mass is 246 g/mol. The fourth-order valence-electron chi connectivity index (χ4n) is 2.88. The number of nitrogens with one attached hydrogen (secondary N) is 1. The summed E-state index contributed by atoms with van der Waals surface area (Å²) < 4.78 is 0. The van der Waals surface area contributed by atoms with Crippen LogP contribution in [0.2, 0.25) is 0 Å². The molecule has 100 valence electrons. The van der Waals surface area contributed by atoms with Crippen LogP contribution in [0.4, 0.5) is 0 Å². The van der Waals surface area contributed by atoms with Gasteiger partial charge in [0.25, 0.3) is 0 Å². The normalized spacial score (nSPS) is 17.0. The molecule has 0 aliphatic carbocycles. The maximum absolute atomic E-state index is 3.42. The van der Waals surface area contributed by atoms with Gasteiger partial charge in [-0.05, 0) is 36.0 Å². The maximum atomic E-state index is 3.42. The molecule has 1 saturated heterocycles. The molecule has 0 unspecified atom stereocenters. The van der Waals surface area contributed by atoms with Gasteiger partial charge in [-0.25, -0.2) is 0 Å². The van der Waals surface area contributed by atoms with Gasteiger partial charge in [-0.1, -0.05) is 32.0 Å². The summed E-state index contributed by atoms with van der Waals surface area (Å²) in [6.45, 7) is 10.5. The number of piperazine rings is 1. The minimum absolute atomic E-state index is 1.15. The number of hydrogen-bond donors (Lipinski definition) is 1. The molecule has 0 amide bonds. The van der Waals surface area contributed by atoms with Crippen molar-refractivity contribution in [1.29, 1.82) is 0 Å². The van der Waals surface area contributed by atoms with Gasteiger partial charge < -0.3 is 10.2 Å². The molecule has 0 bridgehead atoms. The molecule has 1 aromatic rings. The van der Waals surface area contributed by atoms with E-state index in [9.17, 15) is 0 Å². The molecular weight excluding hydrogens is 220 g/mol. The Morgan fingerprint density at radius 1 is 1.06 bits per heavy atom. The summed E-state index contributed by atoms with van der Waals surface area (Å²) in [4.78, 5) is 2.59. The Morgan fingerprint density at radius 2 is 1.67 bits per heavy atom. The Hall–Kier alpha value is -0.860. The zero-order valence-electron chi connectivity index (χ0n) is 11.8. The molecule has 2 nitrogen and oxygen atoms in total. The van der Waals surface area contributed by atoms with Crippen LogP contribution in [0.1, 0.15) is 30.5 Å². The van der Waals surface area contributed by atoms with Gasteiger partial charge in [0, 0.05) is 32.7 Å². The second-order valence-electron chi connectivity index (χ2n) is 5.10. The average Bonchev–Trinajstić information content (AvgIpc) is 2.45. The van der Waals surface area contributed by atoms with Crippen molar-refractivity contribution in [2.24, 2.45) is 0 Å². The van der Waals surface area contributed by atoms with Crippen molar-refractivity contribution in [3.8, 4) is 0 Å². The number of hydrogen-bond acceptors (Lipinski definition) is 2. The first-order chi connectivity index (χ1) is 8.85. The van der Waals surface area contributed by atoms with E-state index < -0.39 is 0 Å². The quantitative estimate of drug-likeness (QED) is 0.857. The third kappa shape index (κ3) is 3.33. The Labute approximate surface area is 111 Å².